The van der Waals surface area contributed by atoms with Crippen LogP contribution >= 0.6 is 11.8 Å². The number of aromatic nitrogens is 5. The summed E-state index contributed by atoms with van der Waals surface area (Å²) in [6.45, 7) is 3.66. The van der Waals surface area contributed by atoms with Crippen molar-refractivity contribution in [3.05, 3.63) is 77.6 Å². The monoisotopic (exact) mass is 422 g/mol. The highest BCUT2D eigenvalue weighted by Gasteiger charge is 2.20. The molecule has 0 aliphatic heterocycles. The van der Waals surface area contributed by atoms with E-state index in [4.69, 9.17) is 5.84 Å². The van der Waals surface area contributed by atoms with E-state index in [-0.39, 0.29) is 17.4 Å². The van der Waals surface area contributed by atoms with Crippen LogP contribution in [0.3, 0.4) is 0 Å². The molecule has 0 aliphatic carbocycles. The molecule has 0 bridgehead atoms. The molecule has 2 N–H and O–H groups in total. The van der Waals surface area contributed by atoms with Gasteiger partial charge in [0.15, 0.2) is 11.6 Å². The van der Waals surface area contributed by atoms with Gasteiger partial charge in [-0.1, -0.05) is 23.9 Å². The van der Waals surface area contributed by atoms with Gasteiger partial charge < -0.3 is 10.4 Å². The smallest absolute Gasteiger partial charge is 0.210 e. The Kier molecular flexibility index (Phi) is 5.37. The Balaban J connectivity index is 1.54. The average molecular weight is 422 g/mol. The normalized spacial score (nSPS) is 11.0. The van der Waals surface area contributed by atoms with Crippen LogP contribution < -0.4 is 5.84 Å². The molecule has 0 saturated heterocycles. The maximum absolute atomic E-state index is 14.3. The minimum absolute atomic E-state index is 0.0934. The van der Waals surface area contributed by atoms with Crippen molar-refractivity contribution in [2.24, 2.45) is 0 Å². The van der Waals surface area contributed by atoms with E-state index < -0.39 is 0 Å². The van der Waals surface area contributed by atoms with Crippen molar-refractivity contribution >= 4 is 17.5 Å². The van der Waals surface area contributed by atoms with Gasteiger partial charge >= 0.3 is 0 Å². The molecule has 3 aromatic heterocycles. The second-order valence-corrected chi connectivity index (χ2v) is 7.64. The number of hydrogen-bond donors (Lipinski definition) is 1. The summed E-state index contributed by atoms with van der Waals surface area (Å²) in [4.78, 5) is 16.8. The number of aryl methyl sites for hydroxylation is 1. The van der Waals surface area contributed by atoms with Crippen LogP contribution in [0.5, 0.6) is 0 Å². The largest absolute Gasteiger partial charge is 0.335 e. The fraction of sp³-hybridized carbons (Fsp3) is 0.143. The molecule has 0 unspecified atom stereocenters. The fourth-order valence-electron chi connectivity index (χ4n) is 3.33. The van der Waals surface area contributed by atoms with E-state index in [1.165, 1.54) is 22.5 Å². The van der Waals surface area contributed by atoms with Gasteiger partial charge in [-0.05, 0) is 44.2 Å². The lowest BCUT2D eigenvalue weighted by molar-refractivity contribution is 0.102. The molecule has 4 rings (SSSR count). The van der Waals surface area contributed by atoms with E-state index in [1.807, 2.05) is 13.8 Å². The molecule has 30 heavy (non-hydrogen) atoms. The third-order valence-electron chi connectivity index (χ3n) is 4.76. The predicted octanol–water partition coefficient (Wildman–Crippen LogP) is 3.58. The van der Waals surface area contributed by atoms with Crippen molar-refractivity contribution in [1.82, 2.24) is 24.4 Å². The molecular weight excluding hydrogens is 403 g/mol. The molecule has 3 heterocycles. The number of benzene rings is 1. The number of halogens is 1. The third kappa shape index (κ3) is 3.59. The fourth-order valence-corrected chi connectivity index (χ4v) is 4.07. The Morgan fingerprint density at radius 2 is 1.87 bits per heavy atom. The summed E-state index contributed by atoms with van der Waals surface area (Å²) in [5.74, 6) is 6.29. The molecule has 9 heteroatoms. The van der Waals surface area contributed by atoms with Crippen LogP contribution in [0.15, 0.2) is 60.0 Å². The van der Waals surface area contributed by atoms with Gasteiger partial charge in [0.25, 0.3) is 0 Å². The first-order valence-electron chi connectivity index (χ1n) is 9.18. The maximum Gasteiger partial charge on any atom is 0.210 e. The predicted molar refractivity (Wildman–Crippen MR) is 114 cm³/mol. The van der Waals surface area contributed by atoms with Crippen LogP contribution in [0.4, 0.5) is 4.39 Å². The number of ketones is 1. The molecule has 0 saturated carbocycles. The summed E-state index contributed by atoms with van der Waals surface area (Å²) in [6, 6.07) is 11.8. The molecule has 7 nitrogen and oxygen atoms in total. The number of nitrogens with two attached hydrogens (primary N) is 1. The Bertz CT molecular complexity index is 1220. The zero-order chi connectivity index (χ0) is 21.3. The molecule has 152 valence electrons. The topological polar surface area (TPSA) is 91.6 Å². The summed E-state index contributed by atoms with van der Waals surface area (Å²) in [5.41, 5.74) is 3.22. The number of nitrogen functional groups attached to an aromatic ring is 1. The van der Waals surface area contributed by atoms with Crippen molar-refractivity contribution in [2.45, 2.75) is 19.0 Å². The molecule has 0 fully saturated rings. The van der Waals surface area contributed by atoms with Crippen LogP contribution in [0.2, 0.25) is 0 Å². The molecule has 0 amide bonds. The number of rotatable bonds is 6. The summed E-state index contributed by atoms with van der Waals surface area (Å²) in [7, 11) is 0. The summed E-state index contributed by atoms with van der Waals surface area (Å²) < 4.78 is 17.4. The highest BCUT2D eigenvalue weighted by atomic mass is 32.2. The molecule has 1 aromatic carbocycles. The van der Waals surface area contributed by atoms with E-state index in [1.54, 1.807) is 53.4 Å². The molecule has 0 aliphatic rings. The number of carbonyl (C=O) groups excluding carboxylic acids is 1. The van der Waals surface area contributed by atoms with Gasteiger partial charge in [0.2, 0.25) is 5.16 Å². The zero-order valence-electron chi connectivity index (χ0n) is 16.4. The lowest BCUT2D eigenvalue weighted by Gasteiger charge is -2.10. The Morgan fingerprint density at radius 1 is 1.13 bits per heavy atom. The number of carbonyl (C=O) groups is 1. The quantitative estimate of drug-likeness (QED) is 0.290. The molecule has 0 radical (unpaired) electrons. The minimum atomic E-state index is -0.340. The van der Waals surface area contributed by atoms with Crippen LogP contribution in [0.25, 0.3) is 17.1 Å². The first-order valence-corrected chi connectivity index (χ1v) is 10.2. The number of nitrogens with zero attached hydrogens (tertiary/aromatic N) is 5. The number of pyridine rings is 1. The van der Waals surface area contributed by atoms with Crippen molar-refractivity contribution in [3.8, 4) is 17.1 Å². The van der Waals surface area contributed by atoms with E-state index in [9.17, 15) is 9.18 Å². The van der Waals surface area contributed by atoms with Crippen LogP contribution in [-0.2, 0) is 0 Å². The number of thioether (sulfide) groups is 1. The summed E-state index contributed by atoms with van der Waals surface area (Å²) in [5, 5.41) is 8.62. The molecular formula is C21H19FN6OS. The molecule has 0 atom stereocenters. The summed E-state index contributed by atoms with van der Waals surface area (Å²) in [6.07, 6.45) is 3.29. The van der Waals surface area contributed by atoms with E-state index >= 15 is 0 Å². The van der Waals surface area contributed by atoms with E-state index in [2.05, 4.69) is 15.2 Å². The second-order valence-electron chi connectivity index (χ2n) is 6.70. The zero-order valence-corrected chi connectivity index (χ0v) is 17.2. The van der Waals surface area contributed by atoms with Gasteiger partial charge in [-0.25, -0.2) is 9.07 Å². The number of para-hydroxylation sites is 1. The van der Waals surface area contributed by atoms with Gasteiger partial charge in [0, 0.05) is 34.9 Å². The van der Waals surface area contributed by atoms with Gasteiger partial charge in [0.05, 0.1) is 11.4 Å². The highest BCUT2D eigenvalue weighted by Crippen LogP contribution is 2.26. The second kappa shape index (κ2) is 8.11. The number of hydrogen-bond acceptors (Lipinski definition) is 6. The maximum atomic E-state index is 14.3. The van der Waals surface area contributed by atoms with Crippen LogP contribution in [0.1, 0.15) is 21.7 Å². The molecule has 4 aromatic rings. The standard InChI is InChI=1S/C21H19FN6OS/c1-13-11-16(14(2)27(13)18-6-4-3-5-17(18)22)19(29)12-30-21-26-25-20(28(21)23)15-7-9-24-10-8-15/h3-11H,12,23H2,1-2H3. The summed E-state index contributed by atoms with van der Waals surface area (Å²) >= 11 is 1.20. The van der Waals surface area contributed by atoms with Crippen molar-refractivity contribution in [1.29, 1.82) is 0 Å². The van der Waals surface area contributed by atoms with Crippen molar-refractivity contribution in [3.63, 3.8) is 0 Å². The van der Waals surface area contributed by atoms with Crippen molar-refractivity contribution in [2.75, 3.05) is 11.6 Å². The molecule has 0 spiro atoms. The Hall–Kier alpha value is -3.46. The van der Waals surface area contributed by atoms with Crippen LogP contribution in [-0.4, -0.2) is 36.0 Å². The van der Waals surface area contributed by atoms with Crippen LogP contribution in [0, 0.1) is 19.7 Å². The first-order chi connectivity index (χ1) is 14.5. The SMILES string of the molecule is Cc1cc(C(=O)CSc2nnc(-c3ccncc3)n2N)c(C)n1-c1ccccc1F. The van der Waals surface area contributed by atoms with Crippen molar-refractivity contribution < 1.29 is 9.18 Å². The Labute approximate surface area is 176 Å². The van der Waals surface area contributed by atoms with Gasteiger partial charge in [-0.2, -0.15) is 0 Å². The lowest BCUT2D eigenvalue weighted by Crippen LogP contribution is -2.13. The van der Waals surface area contributed by atoms with Gasteiger partial charge in [-0.15, -0.1) is 10.2 Å². The average Bonchev–Trinajstić information content (AvgIpc) is 3.26. The highest BCUT2D eigenvalue weighted by molar-refractivity contribution is 7.99. The van der Waals surface area contributed by atoms with Gasteiger partial charge in [0.1, 0.15) is 5.82 Å². The Morgan fingerprint density at radius 3 is 2.60 bits per heavy atom. The van der Waals surface area contributed by atoms with E-state index in [0.717, 1.165) is 11.3 Å². The number of Topliss-reactive ketones (excluding diaryl/α,β-unsaturated/α-hetero) is 1. The first kappa shape index (κ1) is 19.8. The lowest BCUT2D eigenvalue weighted by atomic mass is 10.2. The minimum Gasteiger partial charge on any atom is -0.335 e. The van der Waals surface area contributed by atoms with E-state index in [0.29, 0.717) is 27.9 Å². The third-order valence-corrected chi connectivity index (χ3v) is 5.70. The van der Waals surface area contributed by atoms with Gasteiger partial charge in [-0.3, -0.25) is 9.78 Å².